The lowest BCUT2D eigenvalue weighted by atomic mass is 10.0. The molecule has 4 rings (SSSR count). The second-order valence-corrected chi connectivity index (χ2v) is 7.06. The summed E-state index contributed by atoms with van der Waals surface area (Å²) in [6, 6.07) is 7.39. The van der Waals surface area contributed by atoms with Gasteiger partial charge in [0, 0.05) is 12.1 Å². The molecule has 3 aliphatic rings. The molecule has 2 aliphatic heterocycles. The zero-order valence-electron chi connectivity index (χ0n) is 14.0. The Kier molecular flexibility index (Phi) is 5.49. The maximum Gasteiger partial charge on any atom is 0.249 e. The van der Waals surface area contributed by atoms with Gasteiger partial charge in [0.2, 0.25) is 11.8 Å². The van der Waals surface area contributed by atoms with E-state index in [1.807, 2.05) is 24.3 Å². The van der Waals surface area contributed by atoms with E-state index in [2.05, 4.69) is 16.0 Å². The van der Waals surface area contributed by atoms with Gasteiger partial charge in [-0.2, -0.15) is 0 Å². The van der Waals surface area contributed by atoms with Crippen LogP contribution in [0.3, 0.4) is 0 Å². The molecular formula is C18H24ClN3O3. The third kappa shape index (κ3) is 4.07. The molecule has 0 radical (unpaired) electrons. The number of benzene rings is 1. The summed E-state index contributed by atoms with van der Waals surface area (Å²) >= 11 is 0. The Morgan fingerprint density at radius 3 is 2.36 bits per heavy atom. The van der Waals surface area contributed by atoms with Gasteiger partial charge in [-0.05, 0) is 68.5 Å². The normalized spacial score (nSPS) is 31.0. The smallest absolute Gasteiger partial charge is 0.249 e. The molecule has 1 aromatic rings. The summed E-state index contributed by atoms with van der Waals surface area (Å²) in [5.41, 5.74) is 0.865. The van der Waals surface area contributed by atoms with Gasteiger partial charge in [-0.25, -0.2) is 0 Å². The van der Waals surface area contributed by atoms with Crippen molar-refractivity contribution < 1.29 is 14.3 Å². The van der Waals surface area contributed by atoms with Gasteiger partial charge in [-0.15, -0.1) is 12.4 Å². The van der Waals surface area contributed by atoms with Crippen molar-refractivity contribution >= 4 is 29.9 Å². The van der Waals surface area contributed by atoms with Gasteiger partial charge in [0.15, 0.2) is 0 Å². The number of amides is 2. The van der Waals surface area contributed by atoms with Gasteiger partial charge in [-0.1, -0.05) is 0 Å². The number of hydrogen-bond donors (Lipinski definition) is 3. The Morgan fingerprint density at radius 1 is 1.04 bits per heavy atom. The number of rotatable bonds is 4. The molecule has 0 bridgehead atoms. The lowest BCUT2D eigenvalue weighted by molar-refractivity contribution is -0.133. The summed E-state index contributed by atoms with van der Waals surface area (Å²) in [5.74, 6) is 1.96. The minimum absolute atomic E-state index is 0. The number of carbonyl (C=O) groups is 2. The van der Waals surface area contributed by atoms with Crippen LogP contribution in [0.25, 0.3) is 0 Å². The number of imide groups is 1. The van der Waals surface area contributed by atoms with Crippen molar-refractivity contribution in [1.29, 1.82) is 0 Å². The van der Waals surface area contributed by atoms with E-state index in [-0.39, 0.29) is 30.3 Å². The van der Waals surface area contributed by atoms with Gasteiger partial charge in [0.1, 0.15) is 11.8 Å². The second-order valence-electron chi connectivity index (χ2n) is 7.06. The molecule has 4 atom stereocenters. The third-order valence-electron chi connectivity index (χ3n) is 5.35. The van der Waals surface area contributed by atoms with Crippen molar-refractivity contribution in [3.8, 4) is 5.75 Å². The molecule has 7 heteroatoms. The van der Waals surface area contributed by atoms with Crippen LogP contribution in [0.4, 0.5) is 5.69 Å². The quantitative estimate of drug-likeness (QED) is 0.708. The molecule has 0 aromatic heterocycles. The van der Waals surface area contributed by atoms with Crippen LogP contribution in [0.5, 0.6) is 5.75 Å². The highest BCUT2D eigenvalue weighted by Crippen LogP contribution is 2.36. The van der Waals surface area contributed by atoms with Crippen LogP contribution in [-0.2, 0) is 9.59 Å². The Balaban J connectivity index is 0.00000182. The topological polar surface area (TPSA) is 79.5 Å². The standard InChI is InChI=1S/C18H23N3O3.ClH/c22-17-6-5-16(18(23)21-17)20-13-1-3-14(4-2-13)24-15-7-11-9-19-10-12(11)8-15;/h1-4,11-12,15-16,19-20H,5-10H2,(H,21,22,23);1H/t11-,12+,15?,16?;. The average molecular weight is 366 g/mol. The summed E-state index contributed by atoms with van der Waals surface area (Å²) in [5, 5.41) is 8.98. The molecule has 1 aromatic carbocycles. The van der Waals surface area contributed by atoms with Crippen LogP contribution < -0.4 is 20.7 Å². The number of piperidine rings is 1. The van der Waals surface area contributed by atoms with Crippen molar-refractivity contribution in [1.82, 2.24) is 10.6 Å². The van der Waals surface area contributed by atoms with E-state index in [9.17, 15) is 9.59 Å². The van der Waals surface area contributed by atoms with Crippen LogP contribution in [-0.4, -0.2) is 37.0 Å². The molecule has 0 spiro atoms. The van der Waals surface area contributed by atoms with Crippen LogP contribution in [0.1, 0.15) is 25.7 Å². The summed E-state index contributed by atoms with van der Waals surface area (Å²) < 4.78 is 6.11. The highest BCUT2D eigenvalue weighted by Gasteiger charge is 2.38. The number of ether oxygens (including phenoxy) is 1. The Labute approximate surface area is 153 Å². The van der Waals surface area contributed by atoms with E-state index in [0.29, 0.717) is 18.9 Å². The van der Waals surface area contributed by atoms with Crippen molar-refractivity contribution in [3.05, 3.63) is 24.3 Å². The minimum Gasteiger partial charge on any atom is -0.490 e. The summed E-state index contributed by atoms with van der Waals surface area (Å²) in [7, 11) is 0. The molecule has 2 amide bonds. The van der Waals surface area contributed by atoms with Gasteiger partial charge >= 0.3 is 0 Å². The highest BCUT2D eigenvalue weighted by molar-refractivity contribution is 6.01. The van der Waals surface area contributed by atoms with Crippen LogP contribution >= 0.6 is 12.4 Å². The monoisotopic (exact) mass is 365 g/mol. The Bertz CT molecular complexity index is 625. The van der Waals surface area contributed by atoms with Gasteiger partial charge in [0.25, 0.3) is 0 Å². The second kappa shape index (κ2) is 7.62. The number of nitrogens with one attached hydrogen (secondary N) is 3. The van der Waals surface area contributed by atoms with Crippen molar-refractivity contribution in [2.24, 2.45) is 11.8 Å². The van der Waals surface area contributed by atoms with Crippen molar-refractivity contribution in [2.45, 2.75) is 37.8 Å². The number of carbonyl (C=O) groups excluding carboxylic acids is 2. The first-order chi connectivity index (χ1) is 11.7. The number of hydrogen-bond acceptors (Lipinski definition) is 5. The zero-order chi connectivity index (χ0) is 16.5. The third-order valence-corrected chi connectivity index (χ3v) is 5.35. The maximum atomic E-state index is 11.8. The van der Waals surface area contributed by atoms with E-state index < -0.39 is 0 Å². The molecule has 1 saturated carbocycles. The average Bonchev–Trinajstić information content (AvgIpc) is 3.13. The lowest BCUT2D eigenvalue weighted by Gasteiger charge is -2.23. The van der Waals surface area contributed by atoms with Gasteiger partial charge in [0.05, 0.1) is 6.10 Å². The maximum absolute atomic E-state index is 11.8. The number of anilines is 1. The predicted molar refractivity (Wildman–Crippen MR) is 97.0 cm³/mol. The van der Waals surface area contributed by atoms with Gasteiger partial charge < -0.3 is 15.4 Å². The SMILES string of the molecule is Cl.O=C1CCC(Nc2ccc(OC3C[C@H]4CNC[C@H]4C3)cc2)C(=O)N1. The number of fused-ring (bicyclic) bond motifs is 1. The first-order valence-corrected chi connectivity index (χ1v) is 8.75. The fourth-order valence-corrected chi connectivity index (χ4v) is 4.06. The fourth-order valence-electron chi connectivity index (χ4n) is 4.06. The predicted octanol–water partition coefficient (Wildman–Crippen LogP) is 1.70. The molecule has 2 unspecified atom stereocenters. The Hall–Kier alpha value is -1.79. The molecule has 136 valence electrons. The Morgan fingerprint density at radius 2 is 1.72 bits per heavy atom. The van der Waals surface area contributed by atoms with E-state index in [4.69, 9.17) is 4.74 Å². The molecule has 3 N–H and O–H groups in total. The molecular weight excluding hydrogens is 342 g/mol. The summed E-state index contributed by atoms with van der Waals surface area (Å²) in [6.07, 6.45) is 3.49. The first kappa shape index (κ1) is 18.0. The largest absolute Gasteiger partial charge is 0.490 e. The molecule has 2 saturated heterocycles. The molecule has 1 aliphatic carbocycles. The van der Waals surface area contributed by atoms with Crippen LogP contribution in [0.15, 0.2) is 24.3 Å². The molecule has 2 heterocycles. The summed E-state index contributed by atoms with van der Waals surface area (Å²) in [6.45, 7) is 2.25. The molecule has 25 heavy (non-hydrogen) atoms. The fraction of sp³-hybridized carbons (Fsp3) is 0.556. The zero-order valence-corrected chi connectivity index (χ0v) is 14.8. The van der Waals surface area contributed by atoms with Crippen molar-refractivity contribution in [2.75, 3.05) is 18.4 Å². The summed E-state index contributed by atoms with van der Waals surface area (Å²) in [4.78, 5) is 23.0. The van der Waals surface area contributed by atoms with E-state index >= 15 is 0 Å². The van der Waals surface area contributed by atoms with Crippen LogP contribution in [0.2, 0.25) is 0 Å². The molecule has 6 nitrogen and oxygen atoms in total. The lowest BCUT2D eigenvalue weighted by Crippen LogP contribution is -2.47. The highest BCUT2D eigenvalue weighted by atomic mass is 35.5. The van der Waals surface area contributed by atoms with Crippen molar-refractivity contribution in [3.63, 3.8) is 0 Å². The van der Waals surface area contributed by atoms with Crippen LogP contribution in [0, 0.1) is 11.8 Å². The van der Waals surface area contributed by atoms with Gasteiger partial charge in [-0.3, -0.25) is 14.9 Å². The van der Waals surface area contributed by atoms with E-state index in [1.54, 1.807) is 0 Å². The van der Waals surface area contributed by atoms with E-state index in [1.165, 1.54) is 0 Å². The number of halogens is 1. The van der Waals surface area contributed by atoms with E-state index in [0.717, 1.165) is 49.2 Å². The molecule has 3 fully saturated rings. The minimum atomic E-state index is -0.351. The first-order valence-electron chi connectivity index (χ1n) is 8.75.